The minimum atomic E-state index is 0.128. The van der Waals surface area contributed by atoms with Gasteiger partial charge in [-0.15, -0.1) is 21.5 Å². The summed E-state index contributed by atoms with van der Waals surface area (Å²) in [6, 6.07) is 0.226. The Hall–Kier alpha value is -1.76. The summed E-state index contributed by atoms with van der Waals surface area (Å²) < 4.78 is 2.11. The molecule has 0 saturated carbocycles. The van der Waals surface area contributed by atoms with E-state index in [4.69, 9.17) is 0 Å². The Labute approximate surface area is 115 Å². The molecular formula is C12H15N5OS. The molecule has 0 radical (unpaired) electrons. The molecule has 6 nitrogen and oxygen atoms in total. The van der Waals surface area contributed by atoms with Gasteiger partial charge in [0, 0.05) is 17.6 Å². The van der Waals surface area contributed by atoms with Crippen LogP contribution in [0.25, 0.3) is 0 Å². The van der Waals surface area contributed by atoms with Crippen molar-refractivity contribution in [2.45, 2.75) is 32.9 Å². The zero-order valence-electron chi connectivity index (χ0n) is 10.9. The van der Waals surface area contributed by atoms with Crippen LogP contribution in [0.1, 0.15) is 29.5 Å². The van der Waals surface area contributed by atoms with E-state index in [2.05, 4.69) is 26.7 Å². The van der Waals surface area contributed by atoms with Gasteiger partial charge in [-0.2, -0.15) is 0 Å². The van der Waals surface area contributed by atoms with Crippen molar-refractivity contribution in [3.8, 4) is 0 Å². The normalized spacial score (nSPS) is 18.4. The number of hydrogen-bond donors (Lipinski definition) is 0. The zero-order chi connectivity index (χ0) is 13.4. The number of aryl methyl sites for hydroxylation is 1. The molecule has 0 bridgehead atoms. The molecule has 1 amide bonds. The summed E-state index contributed by atoms with van der Waals surface area (Å²) in [5, 5.41) is 8.23. The Bertz CT molecular complexity index is 591. The van der Waals surface area contributed by atoms with Crippen molar-refractivity contribution < 1.29 is 4.79 Å². The lowest BCUT2D eigenvalue weighted by molar-refractivity contribution is -0.132. The van der Waals surface area contributed by atoms with Gasteiger partial charge in [0.1, 0.15) is 5.82 Å². The number of fused-ring (bicyclic) bond motifs is 1. The van der Waals surface area contributed by atoms with Crippen LogP contribution in [0.4, 0.5) is 0 Å². The molecular weight excluding hydrogens is 262 g/mol. The monoisotopic (exact) mass is 277 g/mol. The van der Waals surface area contributed by atoms with Crippen molar-refractivity contribution in [3.05, 3.63) is 28.2 Å². The molecule has 0 aliphatic carbocycles. The standard InChI is InChI=1S/C12H15N5OS/c1-8-5-16(6-11-15-14-9(2)17(8)11)12(18)3-10-4-13-7-19-10/h4,7-8H,3,5-6H2,1-2H3/t8-/m1/s1. The van der Waals surface area contributed by atoms with Gasteiger partial charge in [0.05, 0.1) is 24.5 Å². The highest BCUT2D eigenvalue weighted by molar-refractivity contribution is 7.09. The van der Waals surface area contributed by atoms with E-state index in [0.717, 1.165) is 16.5 Å². The second-order valence-corrected chi connectivity index (χ2v) is 5.77. The maximum absolute atomic E-state index is 12.3. The third-order valence-electron chi connectivity index (χ3n) is 3.36. The van der Waals surface area contributed by atoms with E-state index in [-0.39, 0.29) is 11.9 Å². The SMILES string of the molecule is Cc1nnc2n1[C@H](C)CN(C(=O)Cc1cncs1)C2. The first-order valence-electron chi connectivity index (χ1n) is 6.20. The Morgan fingerprint density at radius 3 is 3.11 bits per heavy atom. The number of nitrogens with zero attached hydrogens (tertiary/aromatic N) is 5. The molecule has 2 aromatic heterocycles. The van der Waals surface area contributed by atoms with E-state index < -0.39 is 0 Å². The molecule has 1 aliphatic rings. The summed E-state index contributed by atoms with van der Waals surface area (Å²) in [5.74, 6) is 1.91. The van der Waals surface area contributed by atoms with Crippen molar-refractivity contribution in [2.24, 2.45) is 0 Å². The topological polar surface area (TPSA) is 63.9 Å². The largest absolute Gasteiger partial charge is 0.333 e. The highest BCUT2D eigenvalue weighted by Gasteiger charge is 2.28. The van der Waals surface area contributed by atoms with Crippen molar-refractivity contribution in [3.63, 3.8) is 0 Å². The smallest absolute Gasteiger partial charge is 0.228 e. The molecule has 3 heterocycles. The second kappa shape index (κ2) is 4.73. The van der Waals surface area contributed by atoms with E-state index in [1.807, 2.05) is 11.8 Å². The maximum Gasteiger partial charge on any atom is 0.228 e. The van der Waals surface area contributed by atoms with Crippen LogP contribution in [-0.4, -0.2) is 37.1 Å². The molecule has 0 saturated heterocycles. The van der Waals surface area contributed by atoms with Crippen molar-refractivity contribution in [2.75, 3.05) is 6.54 Å². The van der Waals surface area contributed by atoms with Crippen LogP contribution in [0.5, 0.6) is 0 Å². The van der Waals surface area contributed by atoms with Gasteiger partial charge in [0.15, 0.2) is 5.82 Å². The number of thiazole rings is 1. The van der Waals surface area contributed by atoms with Crippen LogP contribution in [0.2, 0.25) is 0 Å². The first-order valence-corrected chi connectivity index (χ1v) is 7.08. The van der Waals surface area contributed by atoms with Gasteiger partial charge in [-0.1, -0.05) is 0 Å². The minimum absolute atomic E-state index is 0.128. The molecule has 0 unspecified atom stereocenters. The molecule has 100 valence electrons. The van der Waals surface area contributed by atoms with Crippen LogP contribution >= 0.6 is 11.3 Å². The van der Waals surface area contributed by atoms with Crippen LogP contribution in [0, 0.1) is 6.92 Å². The quantitative estimate of drug-likeness (QED) is 0.827. The van der Waals surface area contributed by atoms with Gasteiger partial charge in [-0.05, 0) is 13.8 Å². The highest BCUT2D eigenvalue weighted by Crippen LogP contribution is 2.22. The Balaban J connectivity index is 1.76. The van der Waals surface area contributed by atoms with Crippen molar-refractivity contribution in [1.29, 1.82) is 0 Å². The lowest BCUT2D eigenvalue weighted by atomic mass is 10.2. The van der Waals surface area contributed by atoms with Gasteiger partial charge in [0.25, 0.3) is 0 Å². The number of carbonyl (C=O) groups is 1. The summed E-state index contributed by atoms with van der Waals surface area (Å²) in [5.41, 5.74) is 1.75. The Morgan fingerprint density at radius 1 is 1.53 bits per heavy atom. The molecule has 1 aliphatic heterocycles. The minimum Gasteiger partial charge on any atom is -0.333 e. The summed E-state index contributed by atoms with van der Waals surface area (Å²) in [6.07, 6.45) is 2.17. The van der Waals surface area contributed by atoms with E-state index in [9.17, 15) is 4.79 Å². The summed E-state index contributed by atoms with van der Waals surface area (Å²) in [4.78, 5) is 19.1. The summed E-state index contributed by atoms with van der Waals surface area (Å²) >= 11 is 1.51. The fourth-order valence-electron chi connectivity index (χ4n) is 2.51. The molecule has 2 aromatic rings. The van der Waals surface area contributed by atoms with E-state index in [1.54, 1.807) is 11.7 Å². The van der Waals surface area contributed by atoms with Crippen molar-refractivity contribution in [1.82, 2.24) is 24.6 Å². The lowest BCUT2D eigenvalue weighted by Gasteiger charge is -2.32. The first-order chi connectivity index (χ1) is 9.15. The van der Waals surface area contributed by atoms with Crippen LogP contribution in [0.15, 0.2) is 11.7 Å². The van der Waals surface area contributed by atoms with Gasteiger partial charge < -0.3 is 9.47 Å². The van der Waals surface area contributed by atoms with Gasteiger partial charge in [0.2, 0.25) is 5.91 Å². The molecule has 1 atom stereocenters. The molecule has 7 heteroatoms. The van der Waals surface area contributed by atoms with Crippen LogP contribution < -0.4 is 0 Å². The molecule has 0 spiro atoms. The average Bonchev–Trinajstić information content (AvgIpc) is 2.99. The third kappa shape index (κ3) is 2.25. The predicted octanol–water partition coefficient (Wildman–Crippen LogP) is 1.19. The third-order valence-corrected chi connectivity index (χ3v) is 4.14. The number of rotatable bonds is 2. The fraction of sp³-hybridized carbons (Fsp3) is 0.500. The zero-order valence-corrected chi connectivity index (χ0v) is 11.7. The fourth-order valence-corrected chi connectivity index (χ4v) is 3.10. The summed E-state index contributed by atoms with van der Waals surface area (Å²) in [6.45, 7) is 5.29. The van der Waals surface area contributed by atoms with Crippen molar-refractivity contribution >= 4 is 17.2 Å². The molecule has 19 heavy (non-hydrogen) atoms. The summed E-state index contributed by atoms with van der Waals surface area (Å²) in [7, 11) is 0. The molecule has 0 fully saturated rings. The van der Waals surface area contributed by atoms with E-state index in [1.165, 1.54) is 11.3 Å². The molecule has 0 N–H and O–H groups in total. The Kier molecular flexibility index (Phi) is 3.06. The maximum atomic E-state index is 12.3. The van der Waals surface area contributed by atoms with Crippen LogP contribution in [-0.2, 0) is 17.8 Å². The number of aromatic nitrogens is 4. The predicted molar refractivity (Wildman–Crippen MR) is 70.7 cm³/mol. The lowest BCUT2D eigenvalue weighted by Crippen LogP contribution is -2.41. The Morgan fingerprint density at radius 2 is 2.37 bits per heavy atom. The van der Waals surface area contributed by atoms with Gasteiger partial charge in [-0.25, -0.2) is 0 Å². The number of hydrogen-bond acceptors (Lipinski definition) is 5. The highest BCUT2D eigenvalue weighted by atomic mass is 32.1. The average molecular weight is 277 g/mol. The van der Waals surface area contributed by atoms with Gasteiger partial charge >= 0.3 is 0 Å². The van der Waals surface area contributed by atoms with E-state index in [0.29, 0.717) is 19.5 Å². The van der Waals surface area contributed by atoms with Gasteiger partial charge in [-0.3, -0.25) is 9.78 Å². The first kappa shape index (κ1) is 12.3. The number of carbonyl (C=O) groups excluding carboxylic acids is 1. The molecule has 0 aromatic carbocycles. The molecule has 3 rings (SSSR count). The number of amides is 1. The van der Waals surface area contributed by atoms with Crippen LogP contribution in [0.3, 0.4) is 0 Å². The van der Waals surface area contributed by atoms with E-state index >= 15 is 0 Å². The second-order valence-electron chi connectivity index (χ2n) is 4.80.